The summed E-state index contributed by atoms with van der Waals surface area (Å²) in [5, 5.41) is 2.94. The van der Waals surface area contributed by atoms with Gasteiger partial charge in [0.2, 0.25) is 11.8 Å². The van der Waals surface area contributed by atoms with Crippen LogP contribution in [0.3, 0.4) is 0 Å². The summed E-state index contributed by atoms with van der Waals surface area (Å²) in [6, 6.07) is 25.4. The predicted octanol–water partition coefficient (Wildman–Crippen LogP) is 5.76. The van der Waals surface area contributed by atoms with Crippen molar-refractivity contribution < 1.29 is 9.59 Å². The van der Waals surface area contributed by atoms with E-state index in [1.807, 2.05) is 90.7 Å². The first-order valence-electron chi connectivity index (χ1n) is 10.7. The van der Waals surface area contributed by atoms with Crippen LogP contribution in [-0.2, 0) is 22.6 Å². The van der Waals surface area contributed by atoms with Crippen LogP contribution >= 0.6 is 0 Å². The van der Waals surface area contributed by atoms with E-state index in [1.54, 1.807) is 0 Å². The van der Waals surface area contributed by atoms with E-state index < -0.39 is 0 Å². The van der Waals surface area contributed by atoms with Gasteiger partial charge in [-0.1, -0.05) is 68.4 Å². The topological polar surface area (TPSA) is 49.4 Å². The van der Waals surface area contributed by atoms with Gasteiger partial charge in [-0.2, -0.15) is 0 Å². The molecule has 0 atom stereocenters. The molecule has 31 heavy (non-hydrogen) atoms. The maximum absolute atomic E-state index is 12.9. The molecule has 2 amide bonds. The standard InChI is InChI=1S/C27H30N2O2/c1-20(2)16-27(31)29(19-23-9-5-4-6-10-23)25-14-12-22(13-15-25)18-26(30)28-24-11-7-8-21(3)17-24/h4-15,17,20H,16,18-19H2,1-3H3,(H,28,30). The van der Waals surface area contributed by atoms with Crippen molar-refractivity contribution in [3.63, 3.8) is 0 Å². The lowest BCUT2D eigenvalue weighted by atomic mass is 10.1. The van der Waals surface area contributed by atoms with Crippen molar-refractivity contribution in [3.05, 3.63) is 95.6 Å². The van der Waals surface area contributed by atoms with Crippen LogP contribution in [0.15, 0.2) is 78.9 Å². The normalized spacial score (nSPS) is 10.7. The molecule has 0 fully saturated rings. The number of carbonyl (C=O) groups is 2. The van der Waals surface area contributed by atoms with Crippen LogP contribution in [-0.4, -0.2) is 11.8 Å². The number of benzene rings is 3. The highest BCUT2D eigenvalue weighted by atomic mass is 16.2. The van der Waals surface area contributed by atoms with Gasteiger partial charge in [0.05, 0.1) is 13.0 Å². The lowest BCUT2D eigenvalue weighted by Crippen LogP contribution is -2.31. The van der Waals surface area contributed by atoms with Crippen LogP contribution < -0.4 is 10.2 Å². The summed E-state index contributed by atoms with van der Waals surface area (Å²) in [4.78, 5) is 27.1. The van der Waals surface area contributed by atoms with Crippen molar-refractivity contribution in [2.24, 2.45) is 5.92 Å². The van der Waals surface area contributed by atoms with Crippen LogP contribution in [0.4, 0.5) is 11.4 Å². The quantitative estimate of drug-likeness (QED) is 0.510. The monoisotopic (exact) mass is 414 g/mol. The SMILES string of the molecule is Cc1cccc(NC(=O)Cc2ccc(N(Cc3ccccc3)C(=O)CC(C)C)cc2)c1. The van der Waals surface area contributed by atoms with E-state index >= 15 is 0 Å². The fourth-order valence-corrected chi connectivity index (χ4v) is 3.46. The van der Waals surface area contributed by atoms with E-state index in [0.717, 1.165) is 28.1 Å². The van der Waals surface area contributed by atoms with E-state index in [9.17, 15) is 9.59 Å². The van der Waals surface area contributed by atoms with Crippen molar-refractivity contribution in [2.75, 3.05) is 10.2 Å². The van der Waals surface area contributed by atoms with Crippen molar-refractivity contribution in [2.45, 2.75) is 40.2 Å². The second kappa shape index (κ2) is 10.6. The lowest BCUT2D eigenvalue weighted by Gasteiger charge is -2.24. The van der Waals surface area contributed by atoms with E-state index in [4.69, 9.17) is 0 Å². The summed E-state index contributed by atoms with van der Waals surface area (Å²) in [5.74, 6) is 0.328. The molecule has 3 rings (SSSR count). The lowest BCUT2D eigenvalue weighted by molar-refractivity contribution is -0.119. The molecule has 4 nitrogen and oxygen atoms in total. The minimum absolute atomic E-state index is 0.0598. The minimum Gasteiger partial charge on any atom is -0.326 e. The summed E-state index contributed by atoms with van der Waals surface area (Å²) < 4.78 is 0. The Kier molecular flexibility index (Phi) is 7.60. The number of hydrogen-bond acceptors (Lipinski definition) is 2. The summed E-state index contributed by atoms with van der Waals surface area (Å²) in [6.45, 7) is 6.62. The number of amides is 2. The van der Waals surface area contributed by atoms with Gasteiger partial charge in [-0.25, -0.2) is 0 Å². The van der Waals surface area contributed by atoms with Gasteiger partial charge in [-0.05, 0) is 53.8 Å². The molecule has 0 saturated heterocycles. The molecular weight excluding hydrogens is 384 g/mol. The number of rotatable bonds is 8. The van der Waals surface area contributed by atoms with Gasteiger partial charge < -0.3 is 10.2 Å². The Morgan fingerprint density at radius 3 is 2.23 bits per heavy atom. The van der Waals surface area contributed by atoms with E-state index in [2.05, 4.69) is 19.2 Å². The average molecular weight is 415 g/mol. The Morgan fingerprint density at radius 1 is 0.871 bits per heavy atom. The molecule has 0 saturated carbocycles. The highest BCUT2D eigenvalue weighted by Gasteiger charge is 2.17. The molecule has 0 heterocycles. The third-order valence-corrected chi connectivity index (χ3v) is 4.98. The van der Waals surface area contributed by atoms with Gasteiger partial charge in [0.15, 0.2) is 0 Å². The van der Waals surface area contributed by atoms with Crippen LogP contribution in [0.1, 0.15) is 37.0 Å². The zero-order chi connectivity index (χ0) is 22.2. The predicted molar refractivity (Wildman–Crippen MR) is 127 cm³/mol. The van der Waals surface area contributed by atoms with Gasteiger partial charge >= 0.3 is 0 Å². The second-order valence-corrected chi connectivity index (χ2v) is 8.32. The minimum atomic E-state index is -0.0598. The van der Waals surface area contributed by atoms with Crippen LogP contribution in [0.2, 0.25) is 0 Å². The first-order valence-corrected chi connectivity index (χ1v) is 10.7. The number of aryl methyl sites for hydroxylation is 1. The first-order chi connectivity index (χ1) is 14.9. The van der Waals surface area contributed by atoms with Crippen molar-refractivity contribution in [1.29, 1.82) is 0 Å². The molecule has 160 valence electrons. The molecule has 0 aromatic heterocycles. The third-order valence-electron chi connectivity index (χ3n) is 4.98. The van der Waals surface area contributed by atoms with E-state index in [0.29, 0.717) is 13.0 Å². The molecule has 0 radical (unpaired) electrons. The molecule has 0 unspecified atom stereocenters. The zero-order valence-corrected chi connectivity index (χ0v) is 18.5. The smallest absolute Gasteiger partial charge is 0.228 e. The van der Waals surface area contributed by atoms with Gasteiger partial charge in [-0.3, -0.25) is 9.59 Å². The fourth-order valence-electron chi connectivity index (χ4n) is 3.46. The molecular formula is C27H30N2O2. The molecule has 0 spiro atoms. The molecule has 0 aliphatic heterocycles. The fraction of sp³-hybridized carbons (Fsp3) is 0.259. The van der Waals surface area contributed by atoms with Gasteiger partial charge in [0.25, 0.3) is 0 Å². The molecule has 3 aromatic rings. The average Bonchev–Trinajstić information content (AvgIpc) is 2.73. The highest BCUT2D eigenvalue weighted by molar-refractivity contribution is 5.94. The summed E-state index contributed by atoms with van der Waals surface area (Å²) in [6.07, 6.45) is 0.778. The molecule has 1 N–H and O–H groups in total. The Morgan fingerprint density at radius 2 is 1.58 bits per heavy atom. The van der Waals surface area contributed by atoms with Gasteiger partial charge in [0, 0.05) is 17.8 Å². The Labute approximate surface area is 184 Å². The zero-order valence-electron chi connectivity index (χ0n) is 18.5. The van der Waals surface area contributed by atoms with Gasteiger partial charge in [-0.15, -0.1) is 0 Å². The Bertz CT molecular complexity index is 1010. The largest absolute Gasteiger partial charge is 0.326 e. The Balaban J connectivity index is 1.71. The summed E-state index contributed by atoms with van der Waals surface area (Å²) in [5.41, 5.74) is 4.74. The van der Waals surface area contributed by atoms with E-state index in [1.165, 1.54) is 0 Å². The number of nitrogens with one attached hydrogen (secondary N) is 1. The number of anilines is 2. The van der Waals surface area contributed by atoms with Crippen LogP contribution in [0.25, 0.3) is 0 Å². The molecule has 4 heteroatoms. The van der Waals surface area contributed by atoms with Gasteiger partial charge in [0.1, 0.15) is 0 Å². The first kappa shape index (κ1) is 22.3. The molecule has 0 bridgehead atoms. The maximum Gasteiger partial charge on any atom is 0.228 e. The van der Waals surface area contributed by atoms with Crippen molar-refractivity contribution in [3.8, 4) is 0 Å². The van der Waals surface area contributed by atoms with Crippen molar-refractivity contribution >= 4 is 23.2 Å². The molecule has 0 aliphatic rings. The van der Waals surface area contributed by atoms with Crippen molar-refractivity contribution in [1.82, 2.24) is 0 Å². The van der Waals surface area contributed by atoms with Crippen LogP contribution in [0, 0.1) is 12.8 Å². The number of hydrogen-bond donors (Lipinski definition) is 1. The summed E-state index contributed by atoms with van der Waals surface area (Å²) >= 11 is 0. The number of carbonyl (C=O) groups excluding carboxylic acids is 2. The molecule has 3 aromatic carbocycles. The maximum atomic E-state index is 12.9. The molecule has 0 aliphatic carbocycles. The highest BCUT2D eigenvalue weighted by Crippen LogP contribution is 2.21. The summed E-state index contributed by atoms with van der Waals surface area (Å²) in [7, 11) is 0. The number of nitrogens with zero attached hydrogens (tertiary/aromatic N) is 1. The van der Waals surface area contributed by atoms with E-state index in [-0.39, 0.29) is 24.2 Å². The van der Waals surface area contributed by atoms with Crippen LogP contribution in [0.5, 0.6) is 0 Å². The Hall–Kier alpha value is -3.40. The third kappa shape index (κ3) is 6.82. The second-order valence-electron chi connectivity index (χ2n) is 8.32.